The average Bonchev–Trinajstić information content (AvgIpc) is 2.42. The fraction of sp³-hybridized carbons (Fsp3) is 0.700. The number of alkyl halides is 3. The van der Waals surface area contributed by atoms with Crippen LogP contribution in [0.1, 0.15) is 24.2 Å². The molecule has 0 aliphatic rings. The number of nitrogens with one attached hydrogen (secondary N) is 1. The molecule has 0 spiro atoms. The normalized spacial score (nSPS) is 12.1. The van der Waals surface area contributed by atoms with Crippen LogP contribution in [0, 0.1) is 6.92 Å². The molecule has 0 atom stereocenters. The van der Waals surface area contributed by atoms with Crippen LogP contribution in [0.3, 0.4) is 0 Å². The highest BCUT2D eigenvalue weighted by Gasteiger charge is 2.25. The molecular weight excluding hydrogens is 219 g/mol. The zero-order valence-corrected chi connectivity index (χ0v) is 9.43. The Morgan fingerprint density at radius 2 is 2.12 bits per heavy atom. The van der Waals surface area contributed by atoms with Crippen molar-refractivity contribution in [1.82, 2.24) is 15.1 Å². The van der Waals surface area contributed by atoms with E-state index >= 15 is 0 Å². The first-order chi connectivity index (χ1) is 7.38. The number of hydrogen-bond donors (Lipinski definition) is 1. The van der Waals surface area contributed by atoms with Gasteiger partial charge in [0.05, 0.1) is 11.4 Å². The van der Waals surface area contributed by atoms with Gasteiger partial charge in [0.25, 0.3) is 0 Å². The molecule has 0 aliphatic heterocycles. The van der Waals surface area contributed by atoms with E-state index in [0.717, 1.165) is 11.4 Å². The van der Waals surface area contributed by atoms with Gasteiger partial charge in [0.15, 0.2) is 0 Å². The van der Waals surface area contributed by atoms with Gasteiger partial charge in [-0.15, -0.1) is 0 Å². The molecule has 1 N–H and O–H groups in total. The highest BCUT2D eigenvalue weighted by Crippen LogP contribution is 2.20. The summed E-state index contributed by atoms with van der Waals surface area (Å²) in [6, 6.07) is 1.91. The Hall–Kier alpha value is -1.04. The highest BCUT2D eigenvalue weighted by atomic mass is 19.4. The molecule has 0 saturated heterocycles. The Bertz CT molecular complexity index is 331. The molecule has 1 rings (SSSR count). The summed E-state index contributed by atoms with van der Waals surface area (Å²) in [6.07, 6.45) is -4.67. The van der Waals surface area contributed by atoms with Gasteiger partial charge in [-0.2, -0.15) is 18.3 Å². The summed E-state index contributed by atoms with van der Waals surface area (Å²) >= 11 is 0. The van der Waals surface area contributed by atoms with Crippen molar-refractivity contribution in [2.24, 2.45) is 7.05 Å². The predicted molar refractivity (Wildman–Crippen MR) is 54.9 cm³/mol. The average molecular weight is 235 g/mol. The zero-order chi connectivity index (χ0) is 12.2. The monoisotopic (exact) mass is 235 g/mol. The minimum Gasteiger partial charge on any atom is -0.311 e. The largest absolute Gasteiger partial charge is 0.389 e. The third kappa shape index (κ3) is 4.65. The third-order valence-electron chi connectivity index (χ3n) is 2.22. The van der Waals surface area contributed by atoms with Gasteiger partial charge in [0.1, 0.15) is 0 Å². The van der Waals surface area contributed by atoms with Crippen molar-refractivity contribution < 1.29 is 13.2 Å². The lowest BCUT2D eigenvalue weighted by Gasteiger charge is -2.07. The van der Waals surface area contributed by atoms with Crippen molar-refractivity contribution in [3.63, 3.8) is 0 Å². The predicted octanol–water partition coefficient (Wildman–Crippen LogP) is 2.16. The van der Waals surface area contributed by atoms with Gasteiger partial charge in [-0.1, -0.05) is 0 Å². The summed E-state index contributed by atoms with van der Waals surface area (Å²) in [5.74, 6) is 0. The van der Waals surface area contributed by atoms with Gasteiger partial charge >= 0.3 is 6.18 Å². The lowest BCUT2D eigenvalue weighted by Crippen LogP contribution is -2.19. The van der Waals surface area contributed by atoms with Crippen molar-refractivity contribution in [3.8, 4) is 0 Å². The minimum absolute atomic E-state index is 0.111. The van der Waals surface area contributed by atoms with Crippen LogP contribution >= 0.6 is 0 Å². The summed E-state index contributed by atoms with van der Waals surface area (Å²) in [6.45, 7) is 2.80. The number of rotatable bonds is 5. The SMILES string of the molecule is Cc1cc(CNCCCC(F)(F)F)n(C)n1. The molecule has 92 valence electrons. The maximum atomic E-state index is 11.8. The lowest BCUT2D eigenvalue weighted by molar-refractivity contribution is -0.135. The molecule has 0 radical (unpaired) electrons. The molecule has 0 aliphatic carbocycles. The van der Waals surface area contributed by atoms with Crippen LogP contribution < -0.4 is 5.32 Å². The van der Waals surface area contributed by atoms with E-state index in [4.69, 9.17) is 0 Å². The number of aromatic nitrogens is 2. The summed E-state index contributed by atoms with van der Waals surface area (Å²) in [4.78, 5) is 0. The fourth-order valence-corrected chi connectivity index (χ4v) is 1.46. The van der Waals surface area contributed by atoms with Crippen molar-refractivity contribution in [1.29, 1.82) is 0 Å². The molecule has 1 aromatic heterocycles. The Balaban J connectivity index is 2.19. The van der Waals surface area contributed by atoms with Crippen LogP contribution in [0.15, 0.2) is 6.07 Å². The van der Waals surface area contributed by atoms with Crippen LogP contribution in [0.25, 0.3) is 0 Å². The quantitative estimate of drug-likeness (QED) is 0.792. The van der Waals surface area contributed by atoms with Gasteiger partial charge in [-0.05, 0) is 26.0 Å². The van der Waals surface area contributed by atoms with Gasteiger partial charge in [0, 0.05) is 20.0 Å². The van der Waals surface area contributed by atoms with E-state index in [1.54, 1.807) is 4.68 Å². The molecule has 0 unspecified atom stereocenters. The maximum absolute atomic E-state index is 11.8. The Labute approximate surface area is 92.6 Å². The topological polar surface area (TPSA) is 29.9 Å². The van der Waals surface area contributed by atoms with Crippen LogP contribution in [-0.2, 0) is 13.6 Å². The first-order valence-electron chi connectivity index (χ1n) is 5.15. The van der Waals surface area contributed by atoms with Crippen LogP contribution in [0.5, 0.6) is 0 Å². The van der Waals surface area contributed by atoms with Gasteiger partial charge in [0.2, 0.25) is 0 Å². The van der Waals surface area contributed by atoms with Crippen molar-refractivity contribution in [3.05, 3.63) is 17.5 Å². The molecule has 0 bridgehead atoms. The van der Waals surface area contributed by atoms with Gasteiger partial charge < -0.3 is 5.32 Å². The Morgan fingerprint density at radius 3 is 2.62 bits per heavy atom. The summed E-state index contributed by atoms with van der Waals surface area (Å²) in [7, 11) is 1.82. The van der Waals surface area contributed by atoms with E-state index in [2.05, 4.69) is 10.4 Å². The van der Waals surface area contributed by atoms with E-state index in [9.17, 15) is 13.2 Å². The number of aryl methyl sites for hydroxylation is 2. The molecular formula is C10H16F3N3. The number of hydrogen-bond acceptors (Lipinski definition) is 2. The molecule has 1 aromatic rings. The van der Waals surface area contributed by atoms with Crippen molar-refractivity contribution in [2.45, 2.75) is 32.5 Å². The summed E-state index contributed by atoms with van der Waals surface area (Å²) < 4.78 is 37.2. The van der Waals surface area contributed by atoms with Crippen LogP contribution in [-0.4, -0.2) is 22.5 Å². The van der Waals surface area contributed by atoms with Crippen molar-refractivity contribution >= 4 is 0 Å². The molecule has 6 heteroatoms. The van der Waals surface area contributed by atoms with Crippen LogP contribution in [0.4, 0.5) is 13.2 Å². The molecule has 3 nitrogen and oxygen atoms in total. The fourth-order valence-electron chi connectivity index (χ4n) is 1.46. The Kier molecular flexibility index (Phi) is 4.35. The zero-order valence-electron chi connectivity index (χ0n) is 9.43. The second-order valence-electron chi connectivity index (χ2n) is 3.80. The molecule has 1 heterocycles. The smallest absolute Gasteiger partial charge is 0.311 e. The lowest BCUT2D eigenvalue weighted by atomic mass is 10.3. The molecule has 0 fully saturated rings. The molecule has 0 saturated carbocycles. The molecule has 0 amide bonds. The van der Waals surface area contributed by atoms with E-state index in [-0.39, 0.29) is 6.42 Å². The second-order valence-corrected chi connectivity index (χ2v) is 3.80. The molecule has 16 heavy (non-hydrogen) atoms. The van der Waals surface area contributed by atoms with E-state index in [1.807, 2.05) is 20.0 Å². The van der Waals surface area contributed by atoms with Gasteiger partial charge in [-0.3, -0.25) is 4.68 Å². The third-order valence-corrected chi connectivity index (χ3v) is 2.22. The van der Waals surface area contributed by atoms with Gasteiger partial charge in [-0.25, -0.2) is 0 Å². The Morgan fingerprint density at radius 1 is 1.44 bits per heavy atom. The second kappa shape index (κ2) is 5.34. The molecule has 0 aromatic carbocycles. The standard InChI is InChI=1S/C10H16F3N3/c1-8-6-9(16(2)15-8)7-14-5-3-4-10(11,12)13/h6,14H,3-5,7H2,1-2H3. The number of halogens is 3. The van der Waals surface area contributed by atoms with E-state index < -0.39 is 12.6 Å². The number of nitrogens with zero attached hydrogens (tertiary/aromatic N) is 2. The highest BCUT2D eigenvalue weighted by molar-refractivity contribution is 5.08. The first kappa shape index (κ1) is 13.0. The first-order valence-corrected chi connectivity index (χ1v) is 5.15. The van der Waals surface area contributed by atoms with E-state index in [0.29, 0.717) is 13.1 Å². The summed E-state index contributed by atoms with van der Waals surface area (Å²) in [5, 5.41) is 7.11. The minimum atomic E-state index is -4.05. The van der Waals surface area contributed by atoms with Crippen molar-refractivity contribution in [2.75, 3.05) is 6.54 Å². The van der Waals surface area contributed by atoms with E-state index in [1.165, 1.54) is 0 Å². The maximum Gasteiger partial charge on any atom is 0.389 e. The summed E-state index contributed by atoms with van der Waals surface area (Å²) in [5.41, 5.74) is 1.89. The van der Waals surface area contributed by atoms with Crippen LogP contribution in [0.2, 0.25) is 0 Å².